The number of amides is 1. The molecule has 1 N–H and O–H groups in total. The molecule has 28 heavy (non-hydrogen) atoms. The fourth-order valence-corrected chi connectivity index (χ4v) is 2.37. The van der Waals surface area contributed by atoms with E-state index in [1.165, 1.54) is 18.2 Å². The molecule has 2 aromatic rings. The van der Waals surface area contributed by atoms with Crippen molar-refractivity contribution in [3.8, 4) is 11.8 Å². The van der Waals surface area contributed by atoms with Gasteiger partial charge in [-0.15, -0.1) is 0 Å². The molecular weight excluding hydrogens is 382 g/mol. The first-order valence-corrected chi connectivity index (χ1v) is 8.78. The molecule has 1 amide bonds. The van der Waals surface area contributed by atoms with Gasteiger partial charge in [0.1, 0.15) is 17.4 Å². The summed E-state index contributed by atoms with van der Waals surface area (Å²) in [5, 5.41) is 22.5. The second kappa shape index (κ2) is 9.53. The van der Waals surface area contributed by atoms with Crippen LogP contribution in [0.4, 0.5) is 11.4 Å². The van der Waals surface area contributed by atoms with Crippen LogP contribution in [0.25, 0.3) is 6.08 Å². The highest BCUT2D eigenvalue weighted by atomic mass is 35.5. The van der Waals surface area contributed by atoms with E-state index in [4.69, 9.17) is 16.3 Å². The van der Waals surface area contributed by atoms with Crippen molar-refractivity contribution < 1.29 is 14.5 Å². The van der Waals surface area contributed by atoms with E-state index >= 15 is 0 Å². The maximum Gasteiger partial charge on any atom is 0.271 e. The standard InChI is InChI=1S/C20H18ClN3O4/c1-13(2)12-28-17-6-3-14(4-7-17)9-15(11-22)20(25)23-19-8-5-16(24(26)27)10-18(19)21/h3-10,13H,12H2,1-2H3,(H,23,25)/b15-9+. The minimum absolute atomic E-state index is 0.00601. The van der Waals surface area contributed by atoms with Crippen LogP contribution >= 0.6 is 11.6 Å². The molecule has 0 heterocycles. The molecule has 144 valence electrons. The van der Waals surface area contributed by atoms with E-state index in [1.54, 1.807) is 24.3 Å². The third-order valence-electron chi connectivity index (χ3n) is 3.55. The molecule has 0 atom stereocenters. The highest BCUT2D eigenvalue weighted by Gasteiger charge is 2.14. The summed E-state index contributed by atoms with van der Waals surface area (Å²) in [6.45, 7) is 4.69. The van der Waals surface area contributed by atoms with Crippen molar-refractivity contribution in [3.63, 3.8) is 0 Å². The molecule has 0 bridgehead atoms. The minimum atomic E-state index is -0.668. The van der Waals surface area contributed by atoms with Crippen LogP contribution < -0.4 is 10.1 Å². The predicted molar refractivity (Wildman–Crippen MR) is 107 cm³/mol. The normalized spacial score (nSPS) is 11.0. The fourth-order valence-electron chi connectivity index (χ4n) is 2.15. The Kier molecular flexibility index (Phi) is 7.13. The molecule has 8 heteroatoms. The molecule has 7 nitrogen and oxygen atoms in total. The van der Waals surface area contributed by atoms with E-state index in [9.17, 15) is 20.2 Å². The van der Waals surface area contributed by atoms with E-state index in [0.29, 0.717) is 23.8 Å². The van der Waals surface area contributed by atoms with Gasteiger partial charge in [0.2, 0.25) is 0 Å². The fraction of sp³-hybridized carbons (Fsp3) is 0.200. The summed E-state index contributed by atoms with van der Waals surface area (Å²) >= 11 is 5.96. The lowest BCUT2D eigenvalue weighted by Gasteiger charge is -2.09. The SMILES string of the molecule is CC(C)COc1ccc(/C=C(\C#N)C(=O)Nc2ccc([N+](=O)[O-])cc2Cl)cc1. The van der Waals surface area contributed by atoms with Crippen LogP contribution in [-0.2, 0) is 4.79 Å². The van der Waals surface area contributed by atoms with Gasteiger partial charge in [-0.05, 0) is 35.8 Å². The van der Waals surface area contributed by atoms with Crippen LogP contribution in [0.1, 0.15) is 19.4 Å². The Morgan fingerprint density at radius 2 is 2.00 bits per heavy atom. The number of ether oxygens (including phenoxy) is 1. The number of halogens is 1. The summed E-state index contributed by atoms with van der Waals surface area (Å²) in [6.07, 6.45) is 1.43. The molecule has 0 radical (unpaired) electrons. The van der Waals surface area contributed by atoms with Crippen LogP contribution in [0, 0.1) is 27.4 Å². The molecule has 0 saturated heterocycles. The number of benzene rings is 2. The third kappa shape index (κ3) is 5.83. The van der Waals surface area contributed by atoms with Gasteiger partial charge in [-0.3, -0.25) is 14.9 Å². The van der Waals surface area contributed by atoms with Gasteiger partial charge in [-0.2, -0.15) is 5.26 Å². The van der Waals surface area contributed by atoms with Gasteiger partial charge in [0.05, 0.1) is 22.2 Å². The largest absolute Gasteiger partial charge is 0.493 e. The molecule has 2 aromatic carbocycles. The van der Waals surface area contributed by atoms with Crippen molar-refractivity contribution in [2.24, 2.45) is 5.92 Å². The van der Waals surface area contributed by atoms with Crippen molar-refractivity contribution in [3.05, 3.63) is 68.7 Å². The number of hydrogen-bond acceptors (Lipinski definition) is 5. The van der Waals surface area contributed by atoms with Gasteiger partial charge in [-0.1, -0.05) is 37.6 Å². The Balaban J connectivity index is 2.13. The van der Waals surface area contributed by atoms with E-state index in [0.717, 1.165) is 6.07 Å². The topological polar surface area (TPSA) is 105 Å². The molecule has 0 fully saturated rings. The van der Waals surface area contributed by atoms with Crippen LogP contribution in [0.15, 0.2) is 48.0 Å². The number of nitro groups is 1. The van der Waals surface area contributed by atoms with E-state index in [1.807, 2.05) is 19.9 Å². The van der Waals surface area contributed by atoms with Crippen LogP contribution in [0.3, 0.4) is 0 Å². The first kappa shape index (κ1) is 20.9. The maximum absolute atomic E-state index is 12.3. The maximum atomic E-state index is 12.3. The number of hydrogen-bond donors (Lipinski definition) is 1. The van der Waals surface area contributed by atoms with E-state index < -0.39 is 10.8 Å². The van der Waals surface area contributed by atoms with Gasteiger partial charge >= 0.3 is 0 Å². The highest BCUT2D eigenvalue weighted by molar-refractivity contribution is 6.34. The number of anilines is 1. The first-order chi connectivity index (χ1) is 13.3. The average molecular weight is 400 g/mol. The average Bonchev–Trinajstić information content (AvgIpc) is 2.66. The van der Waals surface area contributed by atoms with Crippen molar-refractivity contribution in [2.75, 3.05) is 11.9 Å². The predicted octanol–water partition coefficient (Wildman–Crippen LogP) is 4.83. The Hall–Kier alpha value is -3.37. The van der Waals surface area contributed by atoms with Crippen LogP contribution in [0.2, 0.25) is 5.02 Å². The number of carbonyl (C=O) groups excluding carboxylic acids is 1. The molecule has 0 aliphatic heterocycles. The molecule has 0 saturated carbocycles. The Morgan fingerprint density at radius 1 is 1.32 bits per heavy atom. The van der Waals surface area contributed by atoms with Crippen molar-refractivity contribution in [1.29, 1.82) is 5.26 Å². The van der Waals surface area contributed by atoms with E-state index in [-0.39, 0.29) is 22.0 Å². The zero-order valence-electron chi connectivity index (χ0n) is 15.3. The molecule has 0 unspecified atom stereocenters. The second-order valence-electron chi connectivity index (χ2n) is 6.32. The van der Waals surface area contributed by atoms with Gasteiger partial charge < -0.3 is 10.1 Å². The van der Waals surface area contributed by atoms with E-state index in [2.05, 4.69) is 5.32 Å². The van der Waals surface area contributed by atoms with Crippen LogP contribution in [0.5, 0.6) is 5.75 Å². The Morgan fingerprint density at radius 3 is 2.54 bits per heavy atom. The summed E-state index contributed by atoms with van der Waals surface area (Å²) in [4.78, 5) is 22.5. The van der Waals surface area contributed by atoms with Crippen molar-refractivity contribution in [1.82, 2.24) is 0 Å². The van der Waals surface area contributed by atoms with Gasteiger partial charge in [-0.25, -0.2) is 0 Å². The second-order valence-corrected chi connectivity index (χ2v) is 6.73. The summed E-state index contributed by atoms with van der Waals surface area (Å²) in [6, 6.07) is 12.5. The number of nitro benzene ring substituents is 1. The summed E-state index contributed by atoms with van der Waals surface area (Å²) < 4.78 is 5.59. The number of nitriles is 1. The summed E-state index contributed by atoms with van der Waals surface area (Å²) in [5.74, 6) is 0.435. The number of nitrogens with zero attached hydrogens (tertiary/aromatic N) is 2. The Bertz CT molecular complexity index is 947. The van der Waals surface area contributed by atoms with Crippen molar-refractivity contribution >= 4 is 35.0 Å². The number of nitrogens with one attached hydrogen (secondary N) is 1. The molecule has 0 spiro atoms. The smallest absolute Gasteiger partial charge is 0.271 e. The minimum Gasteiger partial charge on any atom is -0.493 e. The van der Waals surface area contributed by atoms with Gasteiger partial charge in [0.25, 0.3) is 11.6 Å². The van der Waals surface area contributed by atoms with Crippen LogP contribution in [-0.4, -0.2) is 17.4 Å². The summed E-state index contributed by atoms with van der Waals surface area (Å²) in [5.41, 5.74) is 0.498. The molecular formula is C20H18ClN3O4. The molecule has 0 aromatic heterocycles. The summed E-state index contributed by atoms with van der Waals surface area (Å²) in [7, 11) is 0. The van der Waals surface area contributed by atoms with Gasteiger partial charge in [0, 0.05) is 12.1 Å². The molecule has 0 aliphatic carbocycles. The Labute approximate surface area is 167 Å². The first-order valence-electron chi connectivity index (χ1n) is 8.40. The lowest BCUT2D eigenvalue weighted by molar-refractivity contribution is -0.384. The number of carbonyl (C=O) groups is 1. The monoisotopic (exact) mass is 399 g/mol. The molecule has 0 aliphatic rings. The highest BCUT2D eigenvalue weighted by Crippen LogP contribution is 2.27. The van der Waals surface area contributed by atoms with Gasteiger partial charge in [0.15, 0.2) is 0 Å². The zero-order valence-corrected chi connectivity index (χ0v) is 16.1. The molecule has 2 rings (SSSR count). The number of non-ortho nitro benzene ring substituents is 1. The number of rotatable bonds is 7. The lowest BCUT2D eigenvalue weighted by atomic mass is 10.1. The van der Waals surface area contributed by atoms with Crippen molar-refractivity contribution in [2.45, 2.75) is 13.8 Å². The quantitative estimate of drug-likeness (QED) is 0.310. The zero-order chi connectivity index (χ0) is 20.7. The lowest BCUT2D eigenvalue weighted by Crippen LogP contribution is -2.13. The third-order valence-corrected chi connectivity index (χ3v) is 3.86.